The molecule has 0 heterocycles. The zero-order chi connectivity index (χ0) is 35.3. The molecular formula is C46H48O4Si. The summed E-state index contributed by atoms with van der Waals surface area (Å²) >= 11 is 0. The SMILES string of the molecule is CCOC(CCC(OC)C1(C)C=c2cc3cc4cc5cc6cc7cc8ccccc8cc7cc6cc5cc4cc3cc2=CC1)C[Si](C)(OC)OC. The molecule has 7 aromatic rings. The highest BCUT2D eigenvalue weighted by Crippen LogP contribution is 2.37. The molecule has 0 saturated heterocycles. The van der Waals surface area contributed by atoms with Crippen molar-refractivity contribution in [3.63, 3.8) is 0 Å². The molecule has 7 aromatic carbocycles. The predicted molar refractivity (Wildman–Crippen MR) is 218 cm³/mol. The summed E-state index contributed by atoms with van der Waals surface area (Å²) in [6.45, 7) is 7.18. The third-order valence-electron chi connectivity index (χ3n) is 11.6. The maximum atomic E-state index is 6.22. The normalized spacial score (nSPS) is 17.6. The lowest BCUT2D eigenvalue weighted by Crippen LogP contribution is -2.42. The van der Waals surface area contributed by atoms with E-state index in [0.717, 1.165) is 25.3 Å². The largest absolute Gasteiger partial charge is 0.398 e. The maximum Gasteiger partial charge on any atom is 0.337 e. The predicted octanol–water partition coefficient (Wildman–Crippen LogP) is 10.1. The molecule has 5 heteroatoms. The Balaban J connectivity index is 1.13. The topological polar surface area (TPSA) is 36.9 Å². The first-order valence-corrected chi connectivity index (χ1v) is 20.9. The van der Waals surface area contributed by atoms with Gasteiger partial charge >= 0.3 is 8.56 Å². The Hall–Kier alpha value is -4.10. The second kappa shape index (κ2) is 13.5. The molecule has 51 heavy (non-hydrogen) atoms. The third-order valence-corrected chi connectivity index (χ3v) is 14.5. The van der Waals surface area contributed by atoms with E-state index in [-0.39, 0.29) is 17.6 Å². The fourth-order valence-corrected chi connectivity index (χ4v) is 10.2. The highest BCUT2D eigenvalue weighted by Gasteiger charge is 2.36. The Morgan fingerprint density at radius 1 is 0.608 bits per heavy atom. The van der Waals surface area contributed by atoms with Crippen molar-refractivity contribution in [2.75, 3.05) is 27.9 Å². The zero-order valence-corrected chi connectivity index (χ0v) is 31.7. The van der Waals surface area contributed by atoms with Gasteiger partial charge in [-0.25, -0.2) is 0 Å². The number of hydrogen-bond donors (Lipinski definition) is 0. The highest BCUT2D eigenvalue weighted by atomic mass is 28.4. The van der Waals surface area contributed by atoms with Crippen LogP contribution in [0.4, 0.5) is 0 Å². The van der Waals surface area contributed by atoms with Crippen molar-refractivity contribution >= 4 is 85.3 Å². The van der Waals surface area contributed by atoms with Gasteiger partial charge in [0.1, 0.15) is 0 Å². The molecule has 0 N–H and O–H groups in total. The minimum absolute atomic E-state index is 0.0622. The molecule has 0 spiro atoms. The number of methoxy groups -OCH3 is 1. The molecule has 0 fully saturated rings. The van der Waals surface area contributed by atoms with Crippen molar-refractivity contribution in [3.05, 3.63) is 107 Å². The van der Waals surface area contributed by atoms with Gasteiger partial charge in [-0.3, -0.25) is 0 Å². The van der Waals surface area contributed by atoms with Crippen molar-refractivity contribution < 1.29 is 18.3 Å². The fourth-order valence-electron chi connectivity index (χ4n) is 8.50. The standard InChI is InChI=1S/C46H48O4Si/c1-7-50-44(29-51(6,48-4)49-5)12-13-45(47-3)46(2)15-14-32-18-35-21-38-24-39-22-36-19-33-16-30-10-8-9-11-31(30)17-34(33)20-37(36)23-40(39)25-41(38)26-42(35)27-43(32)28-46/h8-11,14,16-28,44-45H,7,12-13,15,29H2,1-6H3. The number of benzene rings is 7. The van der Waals surface area contributed by atoms with Crippen LogP contribution in [0.2, 0.25) is 12.6 Å². The lowest BCUT2D eigenvalue weighted by Gasteiger charge is -2.36. The Morgan fingerprint density at radius 2 is 1.04 bits per heavy atom. The van der Waals surface area contributed by atoms with Crippen molar-refractivity contribution in [2.24, 2.45) is 5.41 Å². The van der Waals surface area contributed by atoms with E-state index < -0.39 is 8.56 Å². The van der Waals surface area contributed by atoms with Crippen LogP contribution in [0.5, 0.6) is 0 Å². The van der Waals surface area contributed by atoms with Gasteiger partial charge in [0.25, 0.3) is 0 Å². The van der Waals surface area contributed by atoms with Crippen LogP contribution in [0.3, 0.4) is 0 Å². The number of rotatable bonds is 11. The fraction of sp³-hybridized carbons (Fsp3) is 0.304. The number of ether oxygens (including phenoxy) is 2. The summed E-state index contributed by atoms with van der Waals surface area (Å²) in [5, 5.41) is 17.9. The minimum atomic E-state index is -2.26. The first kappa shape index (κ1) is 34.0. The Kier molecular flexibility index (Phi) is 8.98. The summed E-state index contributed by atoms with van der Waals surface area (Å²) in [6, 6.07) is 37.7. The monoisotopic (exact) mass is 692 g/mol. The molecule has 0 aromatic heterocycles. The molecule has 260 valence electrons. The van der Waals surface area contributed by atoms with E-state index in [1.807, 2.05) is 7.11 Å². The molecule has 0 saturated carbocycles. The summed E-state index contributed by atoms with van der Waals surface area (Å²) in [5.74, 6) is 0. The third kappa shape index (κ3) is 6.47. The molecular weight excluding hydrogens is 645 g/mol. The Bertz CT molecular complexity index is 2570. The van der Waals surface area contributed by atoms with Gasteiger partial charge in [-0.2, -0.15) is 0 Å². The van der Waals surface area contributed by atoms with Crippen LogP contribution in [0.25, 0.3) is 76.8 Å². The van der Waals surface area contributed by atoms with E-state index in [1.165, 1.54) is 75.1 Å². The molecule has 0 aliphatic heterocycles. The molecule has 0 amide bonds. The maximum absolute atomic E-state index is 6.22. The average Bonchev–Trinajstić information content (AvgIpc) is 3.13. The summed E-state index contributed by atoms with van der Waals surface area (Å²) < 4.78 is 24.0. The number of hydrogen-bond acceptors (Lipinski definition) is 4. The summed E-state index contributed by atoms with van der Waals surface area (Å²) in [6.07, 6.45) is 7.75. The van der Waals surface area contributed by atoms with Gasteiger partial charge in [-0.05, 0) is 181 Å². The second-order valence-electron chi connectivity index (χ2n) is 15.0. The van der Waals surface area contributed by atoms with E-state index in [0.29, 0.717) is 6.61 Å². The van der Waals surface area contributed by atoms with E-state index in [1.54, 1.807) is 14.2 Å². The Labute approximate surface area is 301 Å². The lowest BCUT2D eigenvalue weighted by molar-refractivity contribution is 0.00253. The van der Waals surface area contributed by atoms with Crippen LogP contribution < -0.4 is 10.4 Å². The quantitative estimate of drug-likeness (QED) is 0.0999. The van der Waals surface area contributed by atoms with Crippen molar-refractivity contribution in [1.29, 1.82) is 0 Å². The average molecular weight is 693 g/mol. The van der Waals surface area contributed by atoms with Crippen molar-refractivity contribution in [3.8, 4) is 0 Å². The van der Waals surface area contributed by atoms with Crippen LogP contribution in [-0.2, 0) is 18.3 Å². The first-order valence-electron chi connectivity index (χ1n) is 18.4. The van der Waals surface area contributed by atoms with Gasteiger partial charge < -0.3 is 18.3 Å². The van der Waals surface area contributed by atoms with Crippen molar-refractivity contribution in [1.82, 2.24) is 0 Å². The van der Waals surface area contributed by atoms with Crippen LogP contribution in [0.15, 0.2) is 97.1 Å². The van der Waals surface area contributed by atoms with E-state index in [4.69, 9.17) is 18.3 Å². The minimum Gasteiger partial charge on any atom is -0.398 e. The molecule has 1 aliphatic carbocycles. The van der Waals surface area contributed by atoms with Gasteiger partial charge in [0.05, 0.1) is 12.2 Å². The second-order valence-corrected chi connectivity index (χ2v) is 18.5. The molecule has 8 rings (SSSR count). The van der Waals surface area contributed by atoms with E-state index in [2.05, 4.69) is 130 Å². The van der Waals surface area contributed by atoms with Gasteiger partial charge in [-0.15, -0.1) is 0 Å². The Morgan fingerprint density at radius 3 is 1.47 bits per heavy atom. The van der Waals surface area contributed by atoms with E-state index >= 15 is 0 Å². The van der Waals surface area contributed by atoms with E-state index in [9.17, 15) is 0 Å². The lowest BCUT2D eigenvalue weighted by atomic mass is 9.75. The van der Waals surface area contributed by atoms with Crippen LogP contribution in [0, 0.1) is 5.41 Å². The highest BCUT2D eigenvalue weighted by molar-refractivity contribution is 6.66. The van der Waals surface area contributed by atoms with Gasteiger partial charge in [-0.1, -0.05) is 43.3 Å². The molecule has 1 aliphatic rings. The molecule has 4 nitrogen and oxygen atoms in total. The van der Waals surface area contributed by atoms with Crippen molar-refractivity contribution in [2.45, 2.75) is 57.9 Å². The summed E-state index contributed by atoms with van der Waals surface area (Å²) in [5.41, 5.74) is -0.125. The van der Waals surface area contributed by atoms with Crippen LogP contribution in [-0.4, -0.2) is 48.7 Å². The molecule has 0 bridgehead atoms. The first-order chi connectivity index (χ1) is 24.7. The molecule has 0 radical (unpaired) electrons. The van der Waals surface area contributed by atoms with Gasteiger partial charge in [0, 0.05) is 39.4 Å². The summed E-state index contributed by atoms with van der Waals surface area (Å²) in [4.78, 5) is 0. The number of fused-ring (bicyclic) bond motifs is 7. The van der Waals surface area contributed by atoms with Gasteiger partial charge in [0.2, 0.25) is 0 Å². The van der Waals surface area contributed by atoms with Crippen LogP contribution in [0.1, 0.15) is 33.1 Å². The molecule has 3 unspecified atom stereocenters. The van der Waals surface area contributed by atoms with Gasteiger partial charge in [0.15, 0.2) is 0 Å². The smallest absolute Gasteiger partial charge is 0.337 e. The molecule has 3 atom stereocenters. The van der Waals surface area contributed by atoms with Crippen LogP contribution >= 0.6 is 0 Å². The zero-order valence-electron chi connectivity index (χ0n) is 30.7. The summed E-state index contributed by atoms with van der Waals surface area (Å²) in [7, 11) is 3.09.